The van der Waals surface area contributed by atoms with E-state index in [0.717, 1.165) is 51.7 Å². The van der Waals surface area contributed by atoms with E-state index in [2.05, 4.69) is 39.2 Å². The Morgan fingerprint density at radius 3 is 2.57 bits per heavy atom. The first-order valence-electron chi connectivity index (χ1n) is 10.9. The number of carbonyl (C=O) groups excluding carboxylic acids is 1. The fourth-order valence-electron chi connectivity index (χ4n) is 5.49. The fraction of sp³-hybridized carbons (Fsp3) is 0.609. The van der Waals surface area contributed by atoms with Crippen LogP contribution in [0.25, 0.3) is 0 Å². The fourth-order valence-corrected chi connectivity index (χ4v) is 5.49. The highest BCUT2D eigenvalue weighted by Gasteiger charge is 2.54. The van der Waals surface area contributed by atoms with Gasteiger partial charge in [0.1, 0.15) is 6.61 Å². The van der Waals surface area contributed by atoms with E-state index in [-0.39, 0.29) is 16.9 Å². The molecule has 160 valence electrons. The Morgan fingerprint density at radius 1 is 1.17 bits per heavy atom. The molecular formula is C23H30N4O3. The van der Waals surface area contributed by atoms with Gasteiger partial charge in [-0.25, -0.2) is 0 Å². The van der Waals surface area contributed by atoms with E-state index in [4.69, 9.17) is 9.15 Å². The molecule has 2 aromatic rings. The molecule has 5 rings (SSSR count). The van der Waals surface area contributed by atoms with Crippen LogP contribution in [0.2, 0.25) is 0 Å². The Morgan fingerprint density at radius 2 is 1.90 bits per heavy atom. The normalized spacial score (nSPS) is 25.0. The van der Waals surface area contributed by atoms with Gasteiger partial charge in [-0.3, -0.25) is 9.69 Å². The highest BCUT2D eigenvalue weighted by molar-refractivity contribution is 5.91. The third-order valence-corrected chi connectivity index (χ3v) is 7.38. The van der Waals surface area contributed by atoms with Gasteiger partial charge >= 0.3 is 0 Å². The van der Waals surface area contributed by atoms with Crippen molar-refractivity contribution in [3.63, 3.8) is 0 Å². The first kappa shape index (κ1) is 19.7. The lowest BCUT2D eigenvalue weighted by molar-refractivity contribution is -0.136. The van der Waals surface area contributed by atoms with Crippen LogP contribution < -0.4 is 0 Å². The van der Waals surface area contributed by atoms with Gasteiger partial charge in [-0.2, -0.15) is 0 Å². The van der Waals surface area contributed by atoms with Crippen molar-refractivity contribution in [1.82, 2.24) is 20.0 Å². The van der Waals surface area contributed by atoms with Crippen LogP contribution in [-0.2, 0) is 21.6 Å². The third-order valence-electron chi connectivity index (χ3n) is 7.38. The van der Waals surface area contributed by atoms with E-state index in [1.54, 1.807) is 7.11 Å². The lowest BCUT2D eigenvalue weighted by atomic mass is 9.76. The zero-order valence-corrected chi connectivity index (χ0v) is 17.8. The van der Waals surface area contributed by atoms with Gasteiger partial charge in [0.2, 0.25) is 17.7 Å². The minimum Gasteiger partial charge on any atom is -0.421 e. The summed E-state index contributed by atoms with van der Waals surface area (Å²) in [6.45, 7) is 3.03. The van der Waals surface area contributed by atoms with Crippen LogP contribution in [0.4, 0.5) is 0 Å². The number of nitrogens with zero attached hydrogens (tertiary/aromatic N) is 4. The number of aromatic nitrogens is 2. The number of methoxy groups -OCH3 is 1. The van der Waals surface area contributed by atoms with Crippen molar-refractivity contribution >= 4 is 5.91 Å². The molecule has 1 atom stereocenters. The molecule has 0 bridgehead atoms. The van der Waals surface area contributed by atoms with Gasteiger partial charge in [-0.15, -0.1) is 10.2 Å². The molecule has 3 fully saturated rings. The molecule has 1 spiro atoms. The lowest BCUT2D eigenvalue weighted by Crippen LogP contribution is -2.47. The average Bonchev–Trinajstić information content (AvgIpc) is 3.35. The molecule has 2 aliphatic heterocycles. The number of rotatable bonds is 5. The second-order valence-corrected chi connectivity index (χ2v) is 9.34. The molecule has 1 aromatic carbocycles. The van der Waals surface area contributed by atoms with Crippen molar-refractivity contribution in [1.29, 1.82) is 0 Å². The van der Waals surface area contributed by atoms with Crippen LogP contribution in [0.3, 0.4) is 0 Å². The summed E-state index contributed by atoms with van der Waals surface area (Å²) in [5, 5.41) is 8.35. The maximum Gasteiger partial charge on any atom is 0.242 e. The Bertz CT molecular complexity index is 900. The Kier molecular flexibility index (Phi) is 4.90. The molecule has 1 unspecified atom stereocenters. The number of carbonyl (C=O) groups is 1. The molecule has 30 heavy (non-hydrogen) atoms. The standard InChI is InChI=1S/C23H30N4O3/c1-26-16-22(14-18(26)20-25-24-19(30-20)15-29-2)10-12-27(13-11-22)21(28)23(8-9-23)17-6-4-3-5-7-17/h3-7,18H,8-16H2,1-2H3. The zero-order valence-electron chi connectivity index (χ0n) is 17.8. The molecule has 1 aliphatic carbocycles. The Labute approximate surface area is 177 Å². The molecule has 1 amide bonds. The number of hydrogen-bond acceptors (Lipinski definition) is 6. The Hall–Kier alpha value is -2.25. The van der Waals surface area contributed by atoms with Gasteiger partial charge in [0.05, 0.1) is 11.5 Å². The molecule has 1 aromatic heterocycles. The van der Waals surface area contributed by atoms with Crippen LogP contribution in [0.5, 0.6) is 0 Å². The summed E-state index contributed by atoms with van der Waals surface area (Å²) >= 11 is 0. The van der Waals surface area contributed by atoms with Gasteiger partial charge in [-0.05, 0) is 50.1 Å². The van der Waals surface area contributed by atoms with Gasteiger partial charge in [0.25, 0.3) is 0 Å². The molecule has 7 heteroatoms. The lowest BCUT2D eigenvalue weighted by Gasteiger charge is -2.40. The predicted octanol–water partition coefficient (Wildman–Crippen LogP) is 2.93. The van der Waals surface area contributed by atoms with Gasteiger partial charge < -0.3 is 14.1 Å². The number of ether oxygens (including phenoxy) is 1. The van der Waals surface area contributed by atoms with Crippen molar-refractivity contribution in [3.05, 3.63) is 47.7 Å². The smallest absolute Gasteiger partial charge is 0.242 e. The van der Waals surface area contributed by atoms with E-state index in [9.17, 15) is 4.79 Å². The molecule has 3 heterocycles. The number of hydrogen-bond donors (Lipinski definition) is 0. The highest BCUT2D eigenvalue weighted by atomic mass is 16.5. The average molecular weight is 411 g/mol. The summed E-state index contributed by atoms with van der Waals surface area (Å²) in [5.41, 5.74) is 1.14. The first-order valence-corrected chi connectivity index (χ1v) is 10.9. The second kappa shape index (κ2) is 7.46. The van der Waals surface area contributed by atoms with Gasteiger partial charge in [0.15, 0.2) is 0 Å². The first-order chi connectivity index (χ1) is 14.6. The maximum absolute atomic E-state index is 13.4. The molecular weight excluding hydrogens is 380 g/mol. The van der Waals surface area contributed by atoms with Crippen molar-refractivity contribution < 1.29 is 13.9 Å². The summed E-state index contributed by atoms with van der Waals surface area (Å²) in [4.78, 5) is 17.8. The van der Waals surface area contributed by atoms with Crippen LogP contribution in [0, 0.1) is 5.41 Å². The van der Waals surface area contributed by atoms with Crippen LogP contribution in [0.15, 0.2) is 34.7 Å². The largest absolute Gasteiger partial charge is 0.421 e. The number of likely N-dealkylation sites (tertiary alicyclic amines) is 2. The van der Waals surface area contributed by atoms with E-state index in [1.165, 1.54) is 5.56 Å². The number of amides is 1. The van der Waals surface area contributed by atoms with Crippen molar-refractivity contribution in [3.8, 4) is 0 Å². The summed E-state index contributed by atoms with van der Waals surface area (Å²) < 4.78 is 10.9. The quantitative estimate of drug-likeness (QED) is 0.755. The monoisotopic (exact) mass is 410 g/mol. The summed E-state index contributed by atoms with van der Waals surface area (Å²) in [6, 6.07) is 10.5. The molecule has 0 radical (unpaired) electrons. The van der Waals surface area contributed by atoms with E-state index in [0.29, 0.717) is 24.3 Å². The Balaban J connectivity index is 1.24. The van der Waals surface area contributed by atoms with E-state index in [1.807, 2.05) is 18.2 Å². The predicted molar refractivity (Wildman–Crippen MR) is 111 cm³/mol. The van der Waals surface area contributed by atoms with Crippen LogP contribution in [-0.4, -0.2) is 59.7 Å². The van der Waals surface area contributed by atoms with Crippen molar-refractivity contribution in [2.24, 2.45) is 5.41 Å². The minimum atomic E-state index is -0.262. The zero-order chi connectivity index (χ0) is 20.8. The molecule has 1 saturated carbocycles. The summed E-state index contributed by atoms with van der Waals surface area (Å²) in [6.07, 6.45) is 5.02. The summed E-state index contributed by atoms with van der Waals surface area (Å²) in [5.74, 6) is 1.53. The van der Waals surface area contributed by atoms with E-state index < -0.39 is 0 Å². The maximum atomic E-state index is 13.4. The molecule has 7 nitrogen and oxygen atoms in total. The minimum absolute atomic E-state index is 0.143. The molecule has 3 aliphatic rings. The second-order valence-electron chi connectivity index (χ2n) is 9.34. The number of piperidine rings is 1. The van der Waals surface area contributed by atoms with Gasteiger partial charge in [-0.1, -0.05) is 30.3 Å². The molecule has 2 saturated heterocycles. The van der Waals surface area contributed by atoms with Gasteiger partial charge in [0, 0.05) is 26.7 Å². The molecule has 0 N–H and O–H groups in total. The van der Waals surface area contributed by atoms with E-state index >= 15 is 0 Å². The number of benzene rings is 1. The summed E-state index contributed by atoms with van der Waals surface area (Å²) in [7, 11) is 3.75. The third kappa shape index (κ3) is 3.34. The van der Waals surface area contributed by atoms with Crippen LogP contribution >= 0.6 is 0 Å². The topological polar surface area (TPSA) is 71.7 Å². The SMILES string of the molecule is COCc1nnc(C2CC3(CCN(C(=O)C4(c5ccccc5)CC4)CC3)CN2C)o1. The highest BCUT2D eigenvalue weighted by Crippen LogP contribution is 2.52. The van der Waals surface area contributed by atoms with Crippen molar-refractivity contribution in [2.45, 2.75) is 50.2 Å². The van der Waals surface area contributed by atoms with Crippen molar-refractivity contribution in [2.75, 3.05) is 33.8 Å². The van der Waals surface area contributed by atoms with Crippen LogP contribution in [0.1, 0.15) is 55.5 Å².